The molecule has 7 nitrogen and oxygen atoms in total. The molecule has 0 aliphatic carbocycles. The van der Waals surface area contributed by atoms with Crippen molar-refractivity contribution in [3.63, 3.8) is 0 Å². The Labute approximate surface area is 205 Å². The van der Waals surface area contributed by atoms with Crippen LogP contribution in [0.2, 0.25) is 0 Å². The van der Waals surface area contributed by atoms with Crippen molar-refractivity contribution in [2.24, 2.45) is 0 Å². The van der Waals surface area contributed by atoms with Gasteiger partial charge in [-0.15, -0.1) is 6.42 Å². The van der Waals surface area contributed by atoms with Crippen LogP contribution in [0, 0.1) is 30.6 Å². The average molecular weight is 473 g/mol. The van der Waals surface area contributed by atoms with Crippen LogP contribution in [0.3, 0.4) is 0 Å². The molecule has 1 amide bonds. The quantitative estimate of drug-likeness (QED) is 0.359. The normalized spacial score (nSPS) is 10.5. The molecular formula is C27H16N6OS. The van der Waals surface area contributed by atoms with Crippen molar-refractivity contribution in [2.45, 2.75) is 6.92 Å². The zero-order valence-corrected chi connectivity index (χ0v) is 19.3. The van der Waals surface area contributed by atoms with Gasteiger partial charge in [-0.1, -0.05) is 47.6 Å². The molecule has 8 heteroatoms. The summed E-state index contributed by atoms with van der Waals surface area (Å²) in [7, 11) is 0. The highest BCUT2D eigenvalue weighted by atomic mass is 32.1. The lowest BCUT2D eigenvalue weighted by atomic mass is 9.96. The van der Waals surface area contributed by atoms with Crippen LogP contribution in [-0.4, -0.2) is 25.8 Å². The van der Waals surface area contributed by atoms with E-state index in [-0.39, 0.29) is 5.91 Å². The number of thiazole rings is 1. The van der Waals surface area contributed by atoms with Crippen LogP contribution in [0.1, 0.15) is 27.2 Å². The van der Waals surface area contributed by atoms with Crippen molar-refractivity contribution < 1.29 is 4.79 Å². The lowest BCUT2D eigenvalue weighted by Crippen LogP contribution is -2.14. The summed E-state index contributed by atoms with van der Waals surface area (Å²) in [4.78, 5) is 31.6. The number of fused-ring (bicyclic) bond motifs is 1. The molecule has 0 saturated heterocycles. The van der Waals surface area contributed by atoms with E-state index in [1.54, 1.807) is 24.5 Å². The number of pyridine rings is 1. The molecule has 166 valence electrons. The third-order valence-corrected chi connectivity index (χ3v) is 6.17. The second-order valence-corrected chi connectivity index (χ2v) is 8.59. The van der Waals surface area contributed by atoms with E-state index in [9.17, 15) is 4.79 Å². The lowest BCUT2D eigenvalue weighted by molar-refractivity contribution is 0.102. The van der Waals surface area contributed by atoms with E-state index >= 15 is 0 Å². The average Bonchev–Trinajstić information content (AvgIpc) is 3.30. The minimum atomic E-state index is -0.356. The van der Waals surface area contributed by atoms with Crippen LogP contribution in [-0.2, 0) is 0 Å². The fraction of sp³-hybridized carbons (Fsp3) is 0.0370. The molecule has 3 heterocycles. The third-order valence-electron chi connectivity index (χ3n) is 5.31. The molecule has 0 fully saturated rings. The number of rotatable bonds is 4. The minimum Gasteiger partial charge on any atom is -0.298 e. The highest BCUT2D eigenvalue weighted by Crippen LogP contribution is 2.30. The predicted octanol–water partition coefficient (Wildman–Crippen LogP) is 5.23. The molecular weight excluding hydrogens is 456 g/mol. The lowest BCUT2D eigenvalue weighted by Gasteiger charge is -2.11. The summed E-state index contributed by atoms with van der Waals surface area (Å²) < 4.78 is 0. The maximum Gasteiger partial charge on any atom is 0.259 e. The smallest absolute Gasteiger partial charge is 0.259 e. The monoisotopic (exact) mass is 472 g/mol. The van der Waals surface area contributed by atoms with Crippen molar-refractivity contribution in [1.82, 2.24) is 19.9 Å². The Morgan fingerprint density at radius 1 is 1.03 bits per heavy atom. The highest BCUT2D eigenvalue weighted by Gasteiger charge is 2.18. The number of amides is 1. The summed E-state index contributed by atoms with van der Waals surface area (Å²) in [6.07, 6.45) is 8.85. The van der Waals surface area contributed by atoms with Crippen molar-refractivity contribution in [1.29, 1.82) is 5.26 Å². The Hall–Kier alpha value is -4.92. The maximum atomic E-state index is 13.2. The van der Waals surface area contributed by atoms with Gasteiger partial charge in [-0.3, -0.25) is 15.1 Å². The van der Waals surface area contributed by atoms with E-state index < -0.39 is 0 Å². The number of carbonyl (C=O) groups is 1. The molecule has 0 bridgehead atoms. The van der Waals surface area contributed by atoms with Gasteiger partial charge in [-0.2, -0.15) is 10.2 Å². The van der Waals surface area contributed by atoms with Gasteiger partial charge in [0, 0.05) is 23.0 Å². The first-order valence-corrected chi connectivity index (χ1v) is 11.4. The SMILES string of the molecule is C#Cc1ccccc1-c1cc(C)ncc1C(=O)Nc1nc2ncc(-c3ccc(C#N)cc3)nc2s1. The molecule has 0 unspecified atom stereocenters. The van der Waals surface area contributed by atoms with Crippen LogP contribution in [0.5, 0.6) is 0 Å². The van der Waals surface area contributed by atoms with Gasteiger partial charge in [-0.05, 0) is 42.3 Å². The van der Waals surface area contributed by atoms with Gasteiger partial charge < -0.3 is 0 Å². The van der Waals surface area contributed by atoms with Gasteiger partial charge in [0.2, 0.25) is 0 Å². The predicted molar refractivity (Wildman–Crippen MR) is 136 cm³/mol. The molecule has 0 saturated carbocycles. The van der Waals surface area contributed by atoms with Crippen LogP contribution in [0.4, 0.5) is 5.13 Å². The summed E-state index contributed by atoms with van der Waals surface area (Å²) in [5.41, 5.74) is 5.82. The summed E-state index contributed by atoms with van der Waals surface area (Å²) in [6, 6.07) is 18.5. The van der Waals surface area contributed by atoms with E-state index in [0.717, 1.165) is 16.8 Å². The number of hydrogen-bond acceptors (Lipinski definition) is 7. The Kier molecular flexibility index (Phi) is 5.72. The van der Waals surface area contributed by atoms with E-state index in [4.69, 9.17) is 11.7 Å². The van der Waals surface area contributed by atoms with Crippen LogP contribution >= 0.6 is 11.3 Å². The molecule has 0 radical (unpaired) electrons. The number of nitrogens with one attached hydrogen (secondary N) is 1. The number of aryl methyl sites for hydroxylation is 1. The summed E-state index contributed by atoms with van der Waals surface area (Å²) in [6.45, 7) is 1.86. The summed E-state index contributed by atoms with van der Waals surface area (Å²) in [5.74, 6) is 2.32. The summed E-state index contributed by atoms with van der Waals surface area (Å²) in [5, 5.41) is 12.2. The van der Waals surface area contributed by atoms with Crippen molar-refractivity contribution in [3.8, 4) is 40.8 Å². The number of benzene rings is 2. The first-order chi connectivity index (χ1) is 17.1. The number of carbonyl (C=O) groups excluding carboxylic acids is 1. The van der Waals surface area contributed by atoms with Gasteiger partial charge in [0.05, 0.1) is 29.1 Å². The van der Waals surface area contributed by atoms with Crippen molar-refractivity contribution in [3.05, 3.63) is 89.4 Å². The van der Waals surface area contributed by atoms with Crippen molar-refractivity contribution >= 4 is 32.9 Å². The molecule has 0 aliphatic rings. The molecule has 0 aliphatic heterocycles. The zero-order valence-electron chi connectivity index (χ0n) is 18.5. The Balaban J connectivity index is 1.46. The number of anilines is 1. The standard InChI is InChI=1S/C27H16N6OS/c1-3-18-6-4-5-7-20(18)21-12-16(2)29-14-22(21)25(34)33-27-32-24-26(35-27)31-23(15-30-24)19-10-8-17(13-28)9-11-19/h1,4-12,14-15H,2H3,(H,30,32,33,34). The first-order valence-electron chi connectivity index (χ1n) is 10.5. The third kappa shape index (κ3) is 4.34. The molecule has 0 spiro atoms. The van der Waals surface area contributed by atoms with Crippen LogP contribution in [0.15, 0.2) is 67.0 Å². The number of terminal acetylenes is 1. The van der Waals surface area contributed by atoms with Gasteiger partial charge in [0.25, 0.3) is 5.91 Å². The Morgan fingerprint density at radius 3 is 2.60 bits per heavy atom. The molecule has 35 heavy (non-hydrogen) atoms. The fourth-order valence-corrected chi connectivity index (χ4v) is 4.39. The van der Waals surface area contributed by atoms with Gasteiger partial charge in [0.1, 0.15) is 0 Å². The molecule has 5 rings (SSSR count). The van der Waals surface area contributed by atoms with Crippen LogP contribution < -0.4 is 5.32 Å². The van der Waals surface area contributed by atoms with Crippen LogP contribution in [0.25, 0.3) is 32.9 Å². The zero-order chi connectivity index (χ0) is 24.4. The fourth-order valence-electron chi connectivity index (χ4n) is 3.60. The number of nitriles is 1. The van der Waals surface area contributed by atoms with Gasteiger partial charge >= 0.3 is 0 Å². The molecule has 1 N–H and O–H groups in total. The first kappa shape index (κ1) is 21.9. The Bertz CT molecular complexity index is 1680. The van der Waals surface area contributed by atoms with Crippen molar-refractivity contribution in [2.75, 3.05) is 5.32 Å². The van der Waals surface area contributed by atoms with E-state index in [0.29, 0.717) is 43.6 Å². The van der Waals surface area contributed by atoms with E-state index in [2.05, 4.69) is 37.2 Å². The highest BCUT2D eigenvalue weighted by molar-refractivity contribution is 7.21. The second kappa shape index (κ2) is 9.14. The molecule has 0 atom stereocenters. The summed E-state index contributed by atoms with van der Waals surface area (Å²) >= 11 is 1.23. The second-order valence-electron chi connectivity index (χ2n) is 7.61. The number of nitrogens with zero attached hydrogens (tertiary/aromatic N) is 5. The molecule has 5 aromatic rings. The Morgan fingerprint density at radius 2 is 1.83 bits per heavy atom. The molecule has 2 aromatic carbocycles. The number of aromatic nitrogens is 4. The minimum absolute atomic E-state index is 0.356. The van der Waals surface area contributed by atoms with E-state index in [1.807, 2.05) is 49.4 Å². The van der Waals surface area contributed by atoms with E-state index in [1.165, 1.54) is 11.3 Å². The molecule has 3 aromatic heterocycles. The largest absolute Gasteiger partial charge is 0.298 e. The maximum absolute atomic E-state index is 13.2. The van der Waals surface area contributed by atoms with Gasteiger partial charge in [0.15, 0.2) is 15.6 Å². The van der Waals surface area contributed by atoms with Gasteiger partial charge in [-0.25, -0.2) is 9.97 Å². The number of hydrogen-bond donors (Lipinski definition) is 1. The topological polar surface area (TPSA) is 104 Å².